The van der Waals surface area contributed by atoms with Crippen LogP contribution in [-0.4, -0.2) is 19.1 Å². The van der Waals surface area contributed by atoms with Gasteiger partial charge in [-0.25, -0.2) is 4.79 Å². The monoisotopic (exact) mass is 173 g/mol. The number of carbonyl (C=O) groups excluding carboxylic acids is 1. The van der Waals surface area contributed by atoms with E-state index in [0.29, 0.717) is 12.2 Å². The summed E-state index contributed by atoms with van der Waals surface area (Å²) in [5, 5.41) is 0. The van der Waals surface area contributed by atoms with Gasteiger partial charge in [-0.1, -0.05) is 13.5 Å². The van der Waals surface area contributed by atoms with E-state index in [1.807, 2.05) is 0 Å². The largest absolute Gasteiger partial charge is 0.463 e. The van der Waals surface area contributed by atoms with Gasteiger partial charge in [0.2, 0.25) is 0 Å². The Labute approximate surface area is 74.6 Å². The molecule has 0 amide bonds. The highest BCUT2D eigenvalue weighted by atomic mass is 16.5. The average Bonchev–Trinajstić information content (AvgIpc) is 2.05. The highest BCUT2D eigenvalue weighted by Gasteiger charge is 1.98. The molecule has 0 radical (unpaired) electrons. The van der Waals surface area contributed by atoms with Crippen LogP contribution in [0.2, 0.25) is 0 Å². The van der Waals surface area contributed by atoms with Crippen LogP contribution in [0, 0.1) is 0 Å². The first-order valence-corrected chi connectivity index (χ1v) is 4.12. The van der Waals surface area contributed by atoms with Crippen LogP contribution in [0.25, 0.3) is 0 Å². The van der Waals surface area contributed by atoms with Crippen molar-refractivity contribution in [3.63, 3.8) is 0 Å². The Kier molecular flexibility index (Phi) is 11.6. The van der Waals surface area contributed by atoms with Crippen molar-refractivity contribution in [1.29, 1.82) is 0 Å². The lowest BCUT2D eigenvalue weighted by atomic mass is 10.4. The van der Waals surface area contributed by atoms with Crippen molar-refractivity contribution in [2.24, 2.45) is 5.73 Å². The van der Waals surface area contributed by atoms with Gasteiger partial charge in [-0.2, -0.15) is 0 Å². The molecular formula is C9H19NO2. The average molecular weight is 173 g/mol. The minimum Gasteiger partial charge on any atom is -0.463 e. The second-order valence-corrected chi connectivity index (χ2v) is 2.29. The van der Waals surface area contributed by atoms with E-state index in [4.69, 9.17) is 5.73 Å². The fraction of sp³-hybridized carbons (Fsp3) is 0.667. The van der Waals surface area contributed by atoms with E-state index in [9.17, 15) is 4.79 Å². The Morgan fingerprint density at radius 1 is 1.50 bits per heavy atom. The number of hydrogen-bond donors (Lipinski definition) is 1. The Hall–Kier alpha value is -0.830. The molecule has 0 saturated carbocycles. The van der Waals surface area contributed by atoms with Gasteiger partial charge in [0.05, 0.1) is 6.61 Å². The predicted octanol–water partition coefficient (Wildman–Crippen LogP) is 1.48. The van der Waals surface area contributed by atoms with Gasteiger partial charge in [0.25, 0.3) is 0 Å². The molecule has 0 aromatic heterocycles. The summed E-state index contributed by atoms with van der Waals surface area (Å²) in [4.78, 5) is 10.4. The van der Waals surface area contributed by atoms with E-state index in [0.717, 1.165) is 13.0 Å². The van der Waals surface area contributed by atoms with Crippen LogP contribution in [0.4, 0.5) is 0 Å². The summed E-state index contributed by atoms with van der Waals surface area (Å²) in [7, 11) is 0. The molecule has 0 aliphatic carbocycles. The highest BCUT2D eigenvalue weighted by molar-refractivity contribution is 5.86. The Morgan fingerprint density at radius 3 is 2.00 bits per heavy atom. The van der Waals surface area contributed by atoms with Gasteiger partial charge in [0.1, 0.15) is 0 Å². The molecule has 0 heterocycles. The Balaban J connectivity index is 0. The van der Waals surface area contributed by atoms with Crippen LogP contribution in [0.5, 0.6) is 0 Å². The van der Waals surface area contributed by atoms with Crippen molar-refractivity contribution in [1.82, 2.24) is 0 Å². The number of ether oxygens (including phenoxy) is 1. The summed E-state index contributed by atoms with van der Waals surface area (Å²) in [6, 6.07) is 0. The van der Waals surface area contributed by atoms with Gasteiger partial charge in [0.15, 0.2) is 0 Å². The molecule has 0 bridgehead atoms. The summed E-state index contributed by atoms with van der Waals surface area (Å²) in [5.74, 6) is -0.312. The topological polar surface area (TPSA) is 52.3 Å². The SMILES string of the molecule is C=C(C)C(=O)OCC.CCCN. The summed E-state index contributed by atoms with van der Waals surface area (Å²) in [5.41, 5.74) is 5.48. The maximum Gasteiger partial charge on any atom is 0.333 e. The lowest BCUT2D eigenvalue weighted by Gasteiger charge is -1.96. The van der Waals surface area contributed by atoms with Gasteiger partial charge in [0, 0.05) is 5.57 Å². The molecule has 0 atom stereocenters. The molecule has 0 unspecified atom stereocenters. The van der Waals surface area contributed by atoms with Crippen LogP contribution in [0.1, 0.15) is 27.2 Å². The number of esters is 1. The van der Waals surface area contributed by atoms with Crippen LogP contribution in [-0.2, 0) is 9.53 Å². The van der Waals surface area contributed by atoms with Crippen LogP contribution in [0.3, 0.4) is 0 Å². The third-order valence-electron chi connectivity index (χ3n) is 0.913. The summed E-state index contributed by atoms with van der Waals surface area (Å²) >= 11 is 0. The zero-order valence-corrected chi connectivity index (χ0v) is 8.22. The highest BCUT2D eigenvalue weighted by Crippen LogP contribution is 1.89. The number of carbonyl (C=O) groups is 1. The Morgan fingerprint density at radius 2 is 1.92 bits per heavy atom. The fourth-order valence-corrected chi connectivity index (χ4v) is 0.254. The molecule has 0 fully saturated rings. The van der Waals surface area contributed by atoms with Crippen molar-refractivity contribution >= 4 is 5.97 Å². The molecule has 3 heteroatoms. The van der Waals surface area contributed by atoms with E-state index in [-0.39, 0.29) is 5.97 Å². The minimum atomic E-state index is -0.312. The zero-order valence-electron chi connectivity index (χ0n) is 8.22. The summed E-state index contributed by atoms with van der Waals surface area (Å²) in [6.07, 6.45) is 1.10. The summed E-state index contributed by atoms with van der Waals surface area (Å²) < 4.78 is 4.56. The molecular weight excluding hydrogens is 154 g/mol. The normalized spacial score (nSPS) is 8.00. The molecule has 0 saturated heterocycles. The lowest BCUT2D eigenvalue weighted by molar-refractivity contribution is -0.138. The molecule has 0 rings (SSSR count). The quantitative estimate of drug-likeness (QED) is 0.519. The van der Waals surface area contributed by atoms with E-state index in [2.05, 4.69) is 18.2 Å². The second-order valence-electron chi connectivity index (χ2n) is 2.29. The van der Waals surface area contributed by atoms with Gasteiger partial charge >= 0.3 is 5.97 Å². The minimum absolute atomic E-state index is 0.312. The molecule has 3 nitrogen and oxygen atoms in total. The third kappa shape index (κ3) is 11.9. The number of hydrogen-bond acceptors (Lipinski definition) is 3. The van der Waals surface area contributed by atoms with Crippen LogP contribution >= 0.6 is 0 Å². The first kappa shape index (κ1) is 13.7. The third-order valence-corrected chi connectivity index (χ3v) is 0.913. The van der Waals surface area contributed by atoms with Crippen molar-refractivity contribution in [2.75, 3.05) is 13.2 Å². The molecule has 2 N–H and O–H groups in total. The first-order valence-electron chi connectivity index (χ1n) is 4.12. The molecule has 0 spiro atoms. The maximum absolute atomic E-state index is 10.4. The maximum atomic E-state index is 10.4. The van der Waals surface area contributed by atoms with Crippen molar-refractivity contribution in [3.8, 4) is 0 Å². The van der Waals surface area contributed by atoms with Crippen LogP contribution in [0.15, 0.2) is 12.2 Å². The van der Waals surface area contributed by atoms with E-state index >= 15 is 0 Å². The molecule has 0 aliphatic heterocycles. The van der Waals surface area contributed by atoms with Crippen molar-refractivity contribution in [3.05, 3.63) is 12.2 Å². The van der Waals surface area contributed by atoms with E-state index < -0.39 is 0 Å². The molecule has 12 heavy (non-hydrogen) atoms. The number of nitrogens with two attached hydrogens (primary N) is 1. The lowest BCUT2D eigenvalue weighted by Crippen LogP contribution is -2.03. The molecule has 0 aromatic carbocycles. The first-order chi connectivity index (χ1) is 5.59. The van der Waals surface area contributed by atoms with Gasteiger partial charge in [-0.15, -0.1) is 0 Å². The van der Waals surface area contributed by atoms with E-state index in [1.54, 1.807) is 13.8 Å². The zero-order chi connectivity index (χ0) is 9.98. The summed E-state index contributed by atoms with van der Waals surface area (Å²) in [6.45, 7) is 10.1. The van der Waals surface area contributed by atoms with E-state index in [1.165, 1.54) is 0 Å². The van der Waals surface area contributed by atoms with Gasteiger partial charge in [-0.05, 0) is 26.8 Å². The Bertz CT molecular complexity index is 130. The standard InChI is InChI=1S/C6H10O2.C3H9N/c1-4-8-6(7)5(2)3;1-2-3-4/h2,4H2,1,3H3;2-4H2,1H3. The van der Waals surface area contributed by atoms with Crippen molar-refractivity contribution < 1.29 is 9.53 Å². The second kappa shape index (κ2) is 10.2. The van der Waals surface area contributed by atoms with Crippen LogP contribution < -0.4 is 5.73 Å². The molecule has 0 aliphatic rings. The molecule has 0 aromatic rings. The smallest absolute Gasteiger partial charge is 0.333 e. The number of rotatable bonds is 3. The van der Waals surface area contributed by atoms with Gasteiger partial charge in [-0.3, -0.25) is 0 Å². The van der Waals surface area contributed by atoms with Gasteiger partial charge < -0.3 is 10.5 Å². The predicted molar refractivity (Wildman–Crippen MR) is 50.8 cm³/mol. The van der Waals surface area contributed by atoms with Crippen molar-refractivity contribution in [2.45, 2.75) is 27.2 Å². The fourth-order valence-electron chi connectivity index (χ4n) is 0.254. The molecule has 72 valence electrons.